The number of rotatable bonds is 5. The number of fused-ring (bicyclic) bond motifs is 3. The van der Waals surface area contributed by atoms with E-state index < -0.39 is 0 Å². The second kappa shape index (κ2) is 8.08. The Morgan fingerprint density at radius 3 is 2.70 bits per heavy atom. The van der Waals surface area contributed by atoms with Gasteiger partial charge in [0.05, 0.1) is 25.8 Å². The second-order valence-electron chi connectivity index (χ2n) is 8.09. The molecule has 3 aromatic rings. The highest BCUT2D eigenvalue weighted by atomic mass is 16.5. The van der Waals surface area contributed by atoms with Crippen molar-refractivity contribution < 1.29 is 14.3 Å². The van der Waals surface area contributed by atoms with Crippen molar-refractivity contribution in [2.45, 2.75) is 37.5 Å². The van der Waals surface area contributed by atoms with Crippen molar-refractivity contribution in [3.8, 4) is 5.75 Å². The molecule has 0 saturated carbocycles. The van der Waals surface area contributed by atoms with Crippen molar-refractivity contribution in [2.75, 3.05) is 20.3 Å². The van der Waals surface area contributed by atoms with Gasteiger partial charge < -0.3 is 14.8 Å². The summed E-state index contributed by atoms with van der Waals surface area (Å²) in [5.74, 6) is 0.798. The number of H-pyrrole nitrogens is 1. The van der Waals surface area contributed by atoms with E-state index >= 15 is 0 Å². The number of hydrogen-bond donors (Lipinski definition) is 2. The molecular weight excluding hydrogens is 380 g/mol. The number of aromatic nitrogens is 2. The Morgan fingerprint density at radius 1 is 1.17 bits per heavy atom. The number of hydrogen-bond acceptors (Lipinski definition) is 5. The van der Waals surface area contributed by atoms with Crippen LogP contribution in [-0.4, -0.2) is 59.5 Å². The van der Waals surface area contributed by atoms with Gasteiger partial charge in [-0.2, -0.15) is 5.10 Å². The smallest absolute Gasteiger partial charge is 0.272 e. The maximum absolute atomic E-state index is 12.9. The maximum atomic E-state index is 12.9. The molecule has 3 heterocycles. The van der Waals surface area contributed by atoms with E-state index in [0.717, 1.165) is 36.0 Å². The molecule has 0 spiro atoms. The average molecular weight is 406 g/mol. The van der Waals surface area contributed by atoms with Gasteiger partial charge in [-0.15, -0.1) is 0 Å². The lowest BCUT2D eigenvalue weighted by atomic mass is 9.89. The number of carbonyl (C=O) groups excluding carboxylic acids is 1. The molecule has 1 unspecified atom stereocenters. The van der Waals surface area contributed by atoms with Crippen molar-refractivity contribution in [3.63, 3.8) is 0 Å². The summed E-state index contributed by atoms with van der Waals surface area (Å²) in [6.07, 6.45) is 1.72. The standard InChI is InChI=1S/C23H26N4O3/c1-29-21-9-5-2-6-15(21)12-27-17-10-16(11-18(27)14-30-13-17)24-23(28)22-19-7-3-4-8-20(19)25-26-22/h2-9,16-18H,10-14H2,1H3,(H,24,28)(H,25,26)/t16?,17-,18+. The third-order valence-corrected chi connectivity index (χ3v) is 6.24. The summed E-state index contributed by atoms with van der Waals surface area (Å²) >= 11 is 0. The molecule has 2 aliphatic rings. The first-order valence-corrected chi connectivity index (χ1v) is 10.4. The predicted molar refractivity (Wildman–Crippen MR) is 114 cm³/mol. The number of ether oxygens (including phenoxy) is 2. The van der Waals surface area contributed by atoms with Gasteiger partial charge in [0.2, 0.25) is 0 Å². The second-order valence-corrected chi connectivity index (χ2v) is 8.09. The van der Waals surface area contributed by atoms with Crippen LogP contribution in [0.15, 0.2) is 48.5 Å². The van der Waals surface area contributed by atoms with Crippen LogP contribution in [0.2, 0.25) is 0 Å². The van der Waals surface area contributed by atoms with Crippen LogP contribution in [0.25, 0.3) is 10.9 Å². The third kappa shape index (κ3) is 3.55. The molecule has 7 nitrogen and oxygen atoms in total. The predicted octanol–water partition coefficient (Wildman–Crippen LogP) is 2.73. The van der Waals surface area contributed by atoms with Crippen LogP contribution in [0.4, 0.5) is 0 Å². The van der Waals surface area contributed by atoms with Gasteiger partial charge in [-0.1, -0.05) is 36.4 Å². The zero-order valence-electron chi connectivity index (χ0n) is 17.0. The first-order valence-electron chi connectivity index (χ1n) is 10.4. The number of aromatic amines is 1. The first kappa shape index (κ1) is 19.1. The third-order valence-electron chi connectivity index (χ3n) is 6.24. The Labute approximate surface area is 175 Å². The van der Waals surface area contributed by atoms with E-state index in [-0.39, 0.29) is 24.0 Å². The minimum atomic E-state index is -0.116. The summed E-state index contributed by atoms with van der Waals surface area (Å²) in [6, 6.07) is 16.5. The van der Waals surface area contributed by atoms with Crippen LogP contribution < -0.4 is 10.1 Å². The molecule has 2 saturated heterocycles. The van der Waals surface area contributed by atoms with E-state index in [2.05, 4.69) is 26.5 Å². The van der Waals surface area contributed by atoms with Crippen molar-refractivity contribution in [1.82, 2.24) is 20.4 Å². The monoisotopic (exact) mass is 406 g/mol. The Balaban J connectivity index is 1.29. The van der Waals surface area contributed by atoms with Gasteiger partial charge in [-0.25, -0.2) is 0 Å². The molecule has 2 bridgehead atoms. The quantitative estimate of drug-likeness (QED) is 0.681. The Morgan fingerprint density at radius 2 is 1.90 bits per heavy atom. The topological polar surface area (TPSA) is 79.5 Å². The summed E-state index contributed by atoms with van der Waals surface area (Å²) in [4.78, 5) is 15.4. The lowest BCUT2D eigenvalue weighted by Gasteiger charge is -2.48. The summed E-state index contributed by atoms with van der Waals surface area (Å²) in [5, 5.41) is 11.3. The summed E-state index contributed by atoms with van der Waals surface area (Å²) in [7, 11) is 1.71. The van der Waals surface area contributed by atoms with Gasteiger partial charge in [0, 0.05) is 35.6 Å². The Kier molecular flexibility index (Phi) is 5.14. The SMILES string of the molecule is COc1ccccc1CN1[C@@H]2COC[C@H]1CC(NC(=O)c1n[nH]c3ccccc13)C2. The highest BCUT2D eigenvalue weighted by molar-refractivity contribution is 6.04. The number of nitrogens with zero attached hydrogens (tertiary/aromatic N) is 2. The molecule has 2 aromatic carbocycles. The number of benzene rings is 2. The normalized spacial score (nSPS) is 24.0. The number of carbonyl (C=O) groups is 1. The average Bonchev–Trinajstić information content (AvgIpc) is 3.19. The molecule has 1 amide bonds. The van der Waals surface area contributed by atoms with E-state index in [9.17, 15) is 4.79 Å². The molecule has 3 atom stereocenters. The van der Waals surface area contributed by atoms with Gasteiger partial charge in [0.25, 0.3) is 5.91 Å². The lowest BCUT2D eigenvalue weighted by Crippen LogP contribution is -2.60. The van der Waals surface area contributed by atoms with Gasteiger partial charge in [0.15, 0.2) is 5.69 Å². The van der Waals surface area contributed by atoms with E-state index in [1.54, 1.807) is 7.11 Å². The van der Waals surface area contributed by atoms with E-state index in [0.29, 0.717) is 18.9 Å². The van der Waals surface area contributed by atoms with Crippen molar-refractivity contribution in [3.05, 3.63) is 59.8 Å². The largest absolute Gasteiger partial charge is 0.496 e. The van der Waals surface area contributed by atoms with Gasteiger partial charge in [-0.05, 0) is 25.0 Å². The van der Waals surface area contributed by atoms with Crippen LogP contribution in [0.1, 0.15) is 28.9 Å². The number of methoxy groups -OCH3 is 1. The lowest BCUT2D eigenvalue weighted by molar-refractivity contribution is -0.0845. The number of para-hydroxylation sites is 2. The highest BCUT2D eigenvalue weighted by Crippen LogP contribution is 2.31. The fourth-order valence-electron chi connectivity index (χ4n) is 4.79. The molecule has 2 aliphatic heterocycles. The van der Waals surface area contributed by atoms with Gasteiger partial charge in [0.1, 0.15) is 5.75 Å². The molecule has 2 N–H and O–H groups in total. The van der Waals surface area contributed by atoms with Crippen LogP contribution in [-0.2, 0) is 11.3 Å². The minimum Gasteiger partial charge on any atom is -0.496 e. The zero-order chi connectivity index (χ0) is 20.5. The molecule has 0 radical (unpaired) electrons. The van der Waals surface area contributed by atoms with E-state index in [4.69, 9.17) is 9.47 Å². The molecular formula is C23H26N4O3. The zero-order valence-corrected chi connectivity index (χ0v) is 17.0. The van der Waals surface area contributed by atoms with Crippen molar-refractivity contribution in [2.24, 2.45) is 0 Å². The van der Waals surface area contributed by atoms with Gasteiger partial charge in [-0.3, -0.25) is 14.8 Å². The molecule has 2 fully saturated rings. The number of amides is 1. The summed E-state index contributed by atoms with van der Waals surface area (Å²) in [6.45, 7) is 2.19. The van der Waals surface area contributed by atoms with Crippen LogP contribution >= 0.6 is 0 Å². The van der Waals surface area contributed by atoms with E-state index in [1.807, 2.05) is 42.5 Å². The van der Waals surface area contributed by atoms with E-state index in [1.165, 1.54) is 5.56 Å². The van der Waals surface area contributed by atoms with Crippen LogP contribution in [0, 0.1) is 0 Å². The molecule has 7 heteroatoms. The Bertz CT molecular complexity index is 1040. The van der Waals surface area contributed by atoms with Gasteiger partial charge >= 0.3 is 0 Å². The summed E-state index contributed by atoms with van der Waals surface area (Å²) < 4.78 is 11.4. The number of nitrogens with one attached hydrogen (secondary N) is 2. The fraction of sp³-hybridized carbons (Fsp3) is 0.391. The molecule has 5 rings (SSSR count). The molecule has 1 aromatic heterocycles. The Hall–Kier alpha value is -2.90. The number of piperidine rings is 1. The van der Waals surface area contributed by atoms with Crippen LogP contribution in [0.5, 0.6) is 5.75 Å². The highest BCUT2D eigenvalue weighted by Gasteiger charge is 2.40. The van der Waals surface area contributed by atoms with Crippen molar-refractivity contribution in [1.29, 1.82) is 0 Å². The summed E-state index contributed by atoms with van der Waals surface area (Å²) in [5.41, 5.74) is 2.52. The fourth-order valence-corrected chi connectivity index (χ4v) is 4.79. The first-order chi connectivity index (χ1) is 14.7. The number of morpholine rings is 1. The minimum absolute atomic E-state index is 0.112. The van der Waals surface area contributed by atoms with Crippen LogP contribution in [0.3, 0.4) is 0 Å². The molecule has 156 valence electrons. The van der Waals surface area contributed by atoms with Crippen molar-refractivity contribution >= 4 is 16.8 Å². The molecule has 0 aliphatic carbocycles. The maximum Gasteiger partial charge on any atom is 0.272 e. The molecule has 30 heavy (non-hydrogen) atoms.